The molecule has 0 unspecified atom stereocenters. The van der Waals surface area contributed by atoms with E-state index in [-0.39, 0.29) is 28.6 Å². The maximum absolute atomic E-state index is 12.3. The van der Waals surface area contributed by atoms with E-state index in [1.807, 2.05) is 0 Å². The van der Waals surface area contributed by atoms with Crippen molar-refractivity contribution in [1.29, 1.82) is 0 Å². The Morgan fingerprint density at radius 2 is 1.72 bits per heavy atom. The molecule has 0 aliphatic heterocycles. The SMILES string of the molecule is O=C1CCc2[nH]c(=O)n(C3CCCCC3)c(=O)c21. The zero-order chi connectivity index (χ0) is 12.7. The summed E-state index contributed by atoms with van der Waals surface area (Å²) in [5, 5.41) is 0. The molecule has 0 spiro atoms. The third-order valence-corrected chi connectivity index (χ3v) is 4.03. The van der Waals surface area contributed by atoms with Gasteiger partial charge in [0, 0.05) is 18.2 Å². The summed E-state index contributed by atoms with van der Waals surface area (Å²) in [4.78, 5) is 38.7. The van der Waals surface area contributed by atoms with Crippen molar-refractivity contribution in [1.82, 2.24) is 9.55 Å². The number of ketones is 1. The van der Waals surface area contributed by atoms with Gasteiger partial charge in [0.05, 0.1) is 0 Å². The van der Waals surface area contributed by atoms with Crippen molar-refractivity contribution < 1.29 is 4.79 Å². The highest BCUT2D eigenvalue weighted by Gasteiger charge is 2.28. The fourth-order valence-electron chi connectivity index (χ4n) is 3.10. The average molecular weight is 248 g/mol. The van der Waals surface area contributed by atoms with E-state index in [4.69, 9.17) is 0 Å². The van der Waals surface area contributed by atoms with Crippen molar-refractivity contribution in [3.8, 4) is 0 Å². The zero-order valence-electron chi connectivity index (χ0n) is 10.2. The lowest BCUT2D eigenvalue weighted by atomic mass is 9.95. The van der Waals surface area contributed by atoms with Crippen molar-refractivity contribution in [2.45, 2.75) is 51.0 Å². The molecular formula is C13H16N2O3. The number of aryl methyl sites for hydroxylation is 1. The highest BCUT2D eigenvalue weighted by molar-refractivity contribution is 5.99. The van der Waals surface area contributed by atoms with Gasteiger partial charge in [-0.2, -0.15) is 0 Å². The smallest absolute Gasteiger partial charge is 0.310 e. The number of Topliss-reactive ketones (excluding diaryl/α,β-unsaturated/α-hetero) is 1. The Morgan fingerprint density at radius 1 is 1.00 bits per heavy atom. The molecule has 1 aromatic rings. The van der Waals surface area contributed by atoms with Crippen LogP contribution in [-0.2, 0) is 6.42 Å². The van der Waals surface area contributed by atoms with Crippen LogP contribution in [0.5, 0.6) is 0 Å². The van der Waals surface area contributed by atoms with Crippen molar-refractivity contribution in [3.05, 3.63) is 32.1 Å². The van der Waals surface area contributed by atoms with Crippen molar-refractivity contribution in [2.24, 2.45) is 0 Å². The summed E-state index contributed by atoms with van der Waals surface area (Å²) < 4.78 is 1.28. The Balaban J connectivity index is 2.15. The maximum atomic E-state index is 12.3. The third-order valence-electron chi connectivity index (χ3n) is 4.03. The summed E-state index contributed by atoms with van der Waals surface area (Å²) in [5.41, 5.74) is 0.0331. The van der Waals surface area contributed by atoms with E-state index < -0.39 is 0 Å². The first-order chi connectivity index (χ1) is 8.68. The van der Waals surface area contributed by atoms with Crippen LogP contribution in [0.2, 0.25) is 0 Å². The molecule has 1 fully saturated rings. The lowest BCUT2D eigenvalue weighted by Crippen LogP contribution is -2.41. The first kappa shape index (κ1) is 11.4. The van der Waals surface area contributed by atoms with Crippen LogP contribution in [0.3, 0.4) is 0 Å². The van der Waals surface area contributed by atoms with Crippen molar-refractivity contribution in [2.75, 3.05) is 0 Å². The number of hydrogen-bond donors (Lipinski definition) is 1. The standard InChI is InChI=1S/C13H16N2O3/c16-10-7-6-9-11(10)12(17)15(13(18)14-9)8-4-2-1-3-5-8/h8H,1-7H2,(H,14,18). The summed E-state index contributed by atoms with van der Waals surface area (Å²) in [6.07, 6.45) is 5.79. The number of aromatic nitrogens is 2. The van der Waals surface area contributed by atoms with Gasteiger partial charge < -0.3 is 4.98 Å². The van der Waals surface area contributed by atoms with Crippen LogP contribution in [0.4, 0.5) is 0 Å². The van der Waals surface area contributed by atoms with E-state index in [9.17, 15) is 14.4 Å². The predicted molar refractivity (Wildman–Crippen MR) is 66.1 cm³/mol. The second-order valence-electron chi connectivity index (χ2n) is 5.17. The number of hydrogen-bond acceptors (Lipinski definition) is 3. The van der Waals surface area contributed by atoms with Crippen LogP contribution in [-0.4, -0.2) is 15.3 Å². The number of carbonyl (C=O) groups is 1. The third kappa shape index (κ3) is 1.65. The summed E-state index contributed by atoms with van der Waals surface area (Å²) in [6.45, 7) is 0. The summed E-state index contributed by atoms with van der Waals surface area (Å²) in [7, 11) is 0. The molecule has 1 N–H and O–H groups in total. The molecule has 1 aromatic heterocycles. The van der Waals surface area contributed by atoms with E-state index in [1.165, 1.54) is 4.57 Å². The Bertz CT molecular complexity index is 606. The van der Waals surface area contributed by atoms with Crippen molar-refractivity contribution in [3.63, 3.8) is 0 Å². The second-order valence-corrected chi connectivity index (χ2v) is 5.17. The number of fused-ring (bicyclic) bond motifs is 1. The lowest BCUT2D eigenvalue weighted by molar-refractivity contribution is 0.0992. The van der Waals surface area contributed by atoms with E-state index in [2.05, 4.69) is 4.98 Å². The monoisotopic (exact) mass is 248 g/mol. The predicted octanol–water partition coefficient (Wildman–Crippen LogP) is 1.17. The molecule has 2 aliphatic rings. The average Bonchev–Trinajstić information content (AvgIpc) is 2.72. The Hall–Kier alpha value is -1.65. The number of H-pyrrole nitrogens is 1. The van der Waals surface area contributed by atoms with Gasteiger partial charge in [-0.1, -0.05) is 19.3 Å². The van der Waals surface area contributed by atoms with Crippen LogP contribution in [0.15, 0.2) is 9.59 Å². The van der Waals surface area contributed by atoms with Gasteiger partial charge in [0.25, 0.3) is 5.56 Å². The minimum Gasteiger partial charge on any atom is -0.310 e. The van der Waals surface area contributed by atoms with E-state index in [0.717, 1.165) is 32.1 Å². The van der Waals surface area contributed by atoms with Gasteiger partial charge in [0.1, 0.15) is 5.56 Å². The van der Waals surface area contributed by atoms with E-state index in [0.29, 0.717) is 18.5 Å². The fraction of sp³-hybridized carbons (Fsp3) is 0.615. The highest BCUT2D eigenvalue weighted by Crippen LogP contribution is 2.26. The first-order valence-electron chi connectivity index (χ1n) is 6.59. The van der Waals surface area contributed by atoms with Gasteiger partial charge in [0.15, 0.2) is 5.78 Å². The van der Waals surface area contributed by atoms with Crippen LogP contribution in [0, 0.1) is 0 Å². The highest BCUT2D eigenvalue weighted by atomic mass is 16.2. The zero-order valence-corrected chi connectivity index (χ0v) is 10.2. The molecule has 5 nitrogen and oxygen atoms in total. The van der Waals surface area contributed by atoms with Gasteiger partial charge in [-0.15, -0.1) is 0 Å². The Kier molecular flexibility index (Phi) is 2.69. The molecule has 5 heteroatoms. The molecule has 0 atom stereocenters. The van der Waals surface area contributed by atoms with Crippen molar-refractivity contribution >= 4 is 5.78 Å². The molecule has 1 saturated carbocycles. The minimum absolute atomic E-state index is 0.0336. The van der Waals surface area contributed by atoms with Gasteiger partial charge in [-0.05, 0) is 19.3 Å². The number of aromatic amines is 1. The quantitative estimate of drug-likeness (QED) is 0.810. The molecular weight excluding hydrogens is 232 g/mol. The van der Waals surface area contributed by atoms with Crippen LogP contribution in [0.25, 0.3) is 0 Å². The van der Waals surface area contributed by atoms with Gasteiger partial charge in [-0.3, -0.25) is 14.2 Å². The van der Waals surface area contributed by atoms with Crippen LogP contribution in [0.1, 0.15) is 60.6 Å². The number of nitrogens with zero attached hydrogens (tertiary/aromatic N) is 1. The molecule has 0 aromatic carbocycles. The van der Waals surface area contributed by atoms with Gasteiger partial charge in [0.2, 0.25) is 0 Å². The lowest BCUT2D eigenvalue weighted by Gasteiger charge is -2.23. The number of nitrogens with one attached hydrogen (secondary N) is 1. The Labute approximate surface area is 104 Å². The number of carbonyl (C=O) groups excluding carboxylic acids is 1. The molecule has 3 rings (SSSR count). The largest absolute Gasteiger partial charge is 0.328 e. The topological polar surface area (TPSA) is 71.9 Å². The molecule has 1 heterocycles. The molecule has 0 bridgehead atoms. The first-order valence-corrected chi connectivity index (χ1v) is 6.59. The summed E-state index contributed by atoms with van der Waals surface area (Å²) in [6, 6.07) is -0.0336. The second kappa shape index (κ2) is 4.23. The molecule has 0 saturated heterocycles. The molecule has 0 radical (unpaired) electrons. The van der Waals surface area contributed by atoms with Gasteiger partial charge >= 0.3 is 5.69 Å². The van der Waals surface area contributed by atoms with Gasteiger partial charge in [-0.25, -0.2) is 4.79 Å². The van der Waals surface area contributed by atoms with E-state index >= 15 is 0 Å². The molecule has 18 heavy (non-hydrogen) atoms. The maximum Gasteiger partial charge on any atom is 0.328 e. The normalized spacial score (nSPS) is 20.1. The van der Waals surface area contributed by atoms with Crippen LogP contribution >= 0.6 is 0 Å². The molecule has 96 valence electrons. The van der Waals surface area contributed by atoms with Crippen LogP contribution < -0.4 is 11.2 Å². The molecule has 0 amide bonds. The Morgan fingerprint density at radius 3 is 2.44 bits per heavy atom. The summed E-state index contributed by atoms with van der Waals surface area (Å²) >= 11 is 0. The van der Waals surface area contributed by atoms with E-state index in [1.54, 1.807) is 0 Å². The fourth-order valence-corrected chi connectivity index (χ4v) is 3.10. The minimum atomic E-state index is -0.372. The number of rotatable bonds is 1. The summed E-state index contributed by atoms with van der Waals surface area (Å²) in [5.74, 6) is -0.129. The molecule has 2 aliphatic carbocycles.